The Labute approximate surface area is 208 Å². The molecule has 37 heavy (non-hydrogen) atoms. The van der Waals surface area contributed by atoms with E-state index >= 15 is 4.39 Å². The van der Waals surface area contributed by atoms with Crippen molar-refractivity contribution in [1.29, 1.82) is 0 Å². The highest BCUT2D eigenvalue weighted by Crippen LogP contribution is 2.39. The van der Waals surface area contributed by atoms with E-state index in [1.807, 2.05) is 0 Å². The summed E-state index contributed by atoms with van der Waals surface area (Å²) < 4.78 is 61.0. The number of alkyl halides is 3. The van der Waals surface area contributed by atoms with Gasteiger partial charge in [-0.15, -0.1) is 10.2 Å². The van der Waals surface area contributed by atoms with Crippen molar-refractivity contribution in [2.24, 2.45) is 12.8 Å². The van der Waals surface area contributed by atoms with Crippen molar-refractivity contribution in [1.82, 2.24) is 34.3 Å². The van der Waals surface area contributed by atoms with Crippen LogP contribution in [0.1, 0.15) is 18.0 Å². The lowest BCUT2D eigenvalue weighted by molar-refractivity contribution is -0.183. The van der Waals surface area contributed by atoms with Gasteiger partial charge in [-0.05, 0) is 24.1 Å². The number of pyridine rings is 2. The fraction of sp³-hybridized carbons (Fsp3) is 0.280. The Bertz CT molecular complexity index is 1620. The van der Waals surface area contributed by atoms with E-state index in [0.717, 1.165) is 0 Å². The van der Waals surface area contributed by atoms with Crippen molar-refractivity contribution in [2.75, 3.05) is 13.1 Å². The van der Waals surface area contributed by atoms with Crippen molar-refractivity contribution in [3.8, 4) is 22.6 Å². The molecule has 12 heteroatoms. The standard InChI is InChI=1S/C25H22F4N8/c1-35-11-16(10-31-35)18-5-2-14-3-6-19(32-22(14)21(18)26)24-34-33-20-7-4-15(12-37(20)24)23(25(27,28)29)36-9-8-17(30)13-36/h2-7,10-12,17,23H,8-9,13,30H2,1H3. The number of hydrogen-bond acceptors (Lipinski definition) is 6. The molecule has 0 spiro atoms. The van der Waals surface area contributed by atoms with E-state index in [1.54, 1.807) is 48.4 Å². The quantitative estimate of drug-likeness (QED) is 0.366. The smallest absolute Gasteiger partial charge is 0.326 e. The Morgan fingerprint density at radius 1 is 1.05 bits per heavy atom. The largest absolute Gasteiger partial charge is 0.408 e. The van der Waals surface area contributed by atoms with Crippen LogP contribution in [0.3, 0.4) is 0 Å². The number of aromatic nitrogens is 6. The first-order chi connectivity index (χ1) is 17.7. The van der Waals surface area contributed by atoms with Gasteiger partial charge < -0.3 is 5.73 Å². The molecule has 2 unspecified atom stereocenters. The molecule has 0 radical (unpaired) electrons. The summed E-state index contributed by atoms with van der Waals surface area (Å²) in [5, 5.41) is 12.9. The van der Waals surface area contributed by atoms with Gasteiger partial charge in [-0.2, -0.15) is 18.3 Å². The Hall–Kier alpha value is -3.90. The summed E-state index contributed by atoms with van der Waals surface area (Å²) in [5.41, 5.74) is 7.63. The molecule has 1 fully saturated rings. The first kappa shape index (κ1) is 23.5. The van der Waals surface area contributed by atoms with Gasteiger partial charge >= 0.3 is 6.18 Å². The van der Waals surface area contributed by atoms with Crippen molar-refractivity contribution < 1.29 is 17.6 Å². The molecule has 2 atom stereocenters. The Morgan fingerprint density at radius 2 is 1.86 bits per heavy atom. The molecule has 2 N–H and O–H groups in total. The fourth-order valence-corrected chi connectivity index (χ4v) is 4.96. The highest BCUT2D eigenvalue weighted by molar-refractivity contribution is 5.86. The maximum atomic E-state index is 15.5. The maximum absolute atomic E-state index is 15.5. The SMILES string of the molecule is Cn1cc(-c2ccc3ccc(-c4nnc5ccc(C(N6CCC(N)C6)C(F)(F)F)cn45)nc3c2F)cn1. The van der Waals surface area contributed by atoms with Crippen LogP contribution in [0, 0.1) is 5.82 Å². The first-order valence-corrected chi connectivity index (χ1v) is 11.7. The predicted molar refractivity (Wildman–Crippen MR) is 129 cm³/mol. The summed E-state index contributed by atoms with van der Waals surface area (Å²) in [6, 6.07) is 7.55. The second-order valence-corrected chi connectivity index (χ2v) is 9.30. The van der Waals surface area contributed by atoms with E-state index in [1.165, 1.54) is 27.6 Å². The van der Waals surface area contributed by atoms with Gasteiger partial charge in [-0.3, -0.25) is 14.0 Å². The van der Waals surface area contributed by atoms with E-state index in [4.69, 9.17) is 5.73 Å². The molecule has 1 aromatic carbocycles. The molecule has 4 aromatic heterocycles. The number of hydrogen-bond donors (Lipinski definition) is 1. The first-order valence-electron chi connectivity index (χ1n) is 11.7. The van der Waals surface area contributed by atoms with Gasteiger partial charge in [-0.1, -0.05) is 24.3 Å². The zero-order valence-electron chi connectivity index (χ0n) is 19.7. The van der Waals surface area contributed by atoms with Crippen molar-refractivity contribution in [3.63, 3.8) is 0 Å². The summed E-state index contributed by atoms with van der Waals surface area (Å²) in [6.45, 7) is 0.408. The number of aryl methyl sites for hydroxylation is 1. The number of benzene rings is 1. The normalized spacial score (nSPS) is 17.7. The third kappa shape index (κ3) is 4.11. The Balaban J connectivity index is 1.45. The average Bonchev–Trinajstić information content (AvgIpc) is 3.58. The second kappa shape index (κ2) is 8.60. The molecule has 0 bridgehead atoms. The molecular weight excluding hydrogens is 488 g/mol. The lowest BCUT2D eigenvalue weighted by atomic mass is 10.1. The number of rotatable bonds is 4. The molecule has 190 valence electrons. The third-order valence-electron chi connectivity index (χ3n) is 6.72. The van der Waals surface area contributed by atoms with E-state index < -0.39 is 18.0 Å². The van der Waals surface area contributed by atoms with Crippen molar-refractivity contribution >= 4 is 16.6 Å². The van der Waals surface area contributed by atoms with Gasteiger partial charge in [0.25, 0.3) is 0 Å². The summed E-state index contributed by atoms with van der Waals surface area (Å²) in [6.07, 6.45) is 0.637. The van der Waals surface area contributed by atoms with Gasteiger partial charge in [-0.25, -0.2) is 9.37 Å². The van der Waals surface area contributed by atoms with Crippen molar-refractivity contribution in [2.45, 2.75) is 24.7 Å². The van der Waals surface area contributed by atoms with Crippen LogP contribution < -0.4 is 5.73 Å². The minimum Gasteiger partial charge on any atom is -0.326 e. The predicted octanol–water partition coefficient (Wildman–Crippen LogP) is 4.12. The zero-order chi connectivity index (χ0) is 25.9. The van der Waals surface area contributed by atoms with Crippen LogP contribution in [-0.2, 0) is 7.05 Å². The van der Waals surface area contributed by atoms with Crippen LogP contribution in [0.15, 0.2) is 55.0 Å². The van der Waals surface area contributed by atoms with Crippen molar-refractivity contribution in [3.05, 3.63) is 66.4 Å². The van der Waals surface area contributed by atoms with Crippen LogP contribution >= 0.6 is 0 Å². The summed E-state index contributed by atoms with van der Waals surface area (Å²) >= 11 is 0. The highest BCUT2D eigenvalue weighted by atomic mass is 19.4. The Morgan fingerprint density at radius 3 is 2.57 bits per heavy atom. The molecule has 1 aliphatic heterocycles. The molecule has 5 aromatic rings. The highest BCUT2D eigenvalue weighted by Gasteiger charge is 2.46. The van der Waals surface area contributed by atoms with Crippen LogP contribution in [0.5, 0.6) is 0 Å². The lowest BCUT2D eigenvalue weighted by Gasteiger charge is -2.30. The Kier molecular flexibility index (Phi) is 5.46. The molecule has 5 heterocycles. The van der Waals surface area contributed by atoms with E-state index in [2.05, 4.69) is 20.3 Å². The maximum Gasteiger partial charge on any atom is 0.408 e. The number of nitrogens with two attached hydrogens (primary N) is 1. The summed E-state index contributed by atoms with van der Waals surface area (Å²) in [4.78, 5) is 5.84. The molecule has 1 saturated heterocycles. The van der Waals surface area contributed by atoms with Gasteiger partial charge in [0, 0.05) is 55.1 Å². The second-order valence-electron chi connectivity index (χ2n) is 9.30. The lowest BCUT2D eigenvalue weighted by Crippen LogP contribution is -2.38. The zero-order valence-corrected chi connectivity index (χ0v) is 19.7. The van der Waals surface area contributed by atoms with Gasteiger partial charge in [0.2, 0.25) is 0 Å². The number of likely N-dealkylation sites (tertiary alicyclic amines) is 1. The number of halogens is 4. The van der Waals surface area contributed by atoms with E-state index in [9.17, 15) is 13.2 Å². The van der Waals surface area contributed by atoms with Gasteiger partial charge in [0.05, 0.1) is 6.20 Å². The molecule has 0 saturated carbocycles. The van der Waals surface area contributed by atoms with Gasteiger partial charge in [0.15, 0.2) is 17.3 Å². The fourth-order valence-electron chi connectivity index (χ4n) is 4.96. The summed E-state index contributed by atoms with van der Waals surface area (Å²) in [7, 11) is 1.74. The average molecular weight is 510 g/mol. The van der Waals surface area contributed by atoms with Crippen LogP contribution in [0.4, 0.5) is 17.6 Å². The molecule has 6 rings (SSSR count). The van der Waals surface area contributed by atoms with Crippen LogP contribution in [0.2, 0.25) is 0 Å². The van der Waals surface area contributed by atoms with Gasteiger partial charge in [0.1, 0.15) is 17.3 Å². The van der Waals surface area contributed by atoms with E-state index in [-0.39, 0.29) is 41.7 Å². The third-order valence-corrected chi connectivity index (χ3v) is 6.72. The number of nitrogens with zero attached hydrogens (tertiary/aromatic N) is 7. The minimum atomic E-state index is -4.50. The monoisotopic (exact) mass is 510 g/mol. The topological polar surface area (TPSA) is 90.2 Å². The molecule has 1 aliphatic rings. The van der Waals surface area contributed by atoms with E-state index in [0.29, 0.717) is 28.6 Å². The van der Waals surface area contributed by atoms with Crippen LogP contribution in [-0.4, -0.2) is 59.6 Å². The molecular formula is C25H22F4N8. The molecule has 0 amide bonds. The molecule has 0 aliphatic carbocycles. The summed E-state index contributed by atoms with van der Waals surface area (Å²) in [5.74, 6) is -0.312. The van der Waals surface area contributed by atoms with Crippen LogP contribution in [0.25, 0.3) is 39.2 Å². The minimum absolute atomic E-state index is 0.0426. The molecule has 8 nitrogen and oxygen atoms in total. The number of fused-ring (bicyclic) bond motifs is 2.